The number of ether oxygens (including phenoxy) is 1. The van der Waals surface area contributed by atoms with Crippen LogP contribution < -0.4 is 10.6 Å². The van der Waals surface area contributed by atoms with E-state index in [4.69, 9.17) is 20.4 Å². The molecule has 0 amide bonds. The smallest absolute Gasteiger partial charge is 0.215 e. The van der Waals surface area contributed by atoms with Crippen molar-refractivity contribution in [2.75, 3.05) is 36.9 Å². The summed E-state index contributed by atoms with van der Waals surface area (Å²) in [5.41, 5.74) is 12.7. The van der Waals surface area contributed by atoms with Gasteiger partial charge in [-0.15, -0.1) is 0 Å². The SMILES string of the molecule is Cc1ccc(O)c(C)c1-n1c(N)c(C(=O)c2cc3cnc(N4CCOCC4)cc3[nH]2)c2nc(C)c(C)nc21. The highest BCUT2D eigenvalue weighted by Crippen LogP contribution is 2.36. The zero-order valence-electron chi connectivity index (χ0n) is 21.8. The number of nitrogens with zero attached hydrogens (tertiary/aromatic N) is 5. The van der Waals surface area contributed by atoms with Gasteiger partial charge in [-0.3, -0.25) is 9.36 Å². The van der Waals surface area contributed by atoms with Gasteiger partial charge >= 0.3 is 0 Å². The van der Waals surface area contributed by atoms with Crippen LogP contribution >= 0.6 is 0 Å². The number of phenolic OH excluding ortho intramolecular Hbond substituents is 1. The summed E-state index contributed by atoms with van der Waals surface area (Å²) in [5.74, 6) is 0.904. The number of aromatic amines is 1. The highest BCUT2D eigenvalue weighted by Gasteiger charge is 2.28. The van der Waals surface area contributed by atoms with E-state index in [-0.39, 0.29) is 22.9 Å². The molecule has 5 heterocycles. The highest BCUT2D eigenvalue weighted by atomic mass is 16.5. The fourth-order valence-corrected chi connectivity index (χ4v) is 5.12. The second-order valence-electron chi connectivity index (χ2n) is 9.78. The molecule has 1 saturated heterocycles. The van der Waals surface area contributed by atoms with E-state index in [9.17, 15) is 9.90 Å². The van der Waals surface area contributed by atoms with E-state index in [0.717, 1.165) is 41.1 Å². The van der Waals surface area contributed by atoms with Crippen LogP contribution in [0.5, 0.6) is 5.75 Å². The maximum absolute atomic E-state index is 14.0. The summed E-state index contributed by atoms with van der Waals surface area (Å²) in [5, 5.41) is 11.3. The third kappa shape index (κ3) is 3.67. The van der Waals surface area contributed by atoms with Gasteiger partial charge in [0.15, 0.2) is 5.65 Å². The van der Waals surface area contributed by atoms with Crippen LogP contribution in [0.3, 0.4) is 0 Å². The van der Waals surface area contributed by atoms with Gasteiger partial charge in [-0.25, -0.2) is 15.0 Å². The molecule has 1 fully saturated rings. The lowest BCUT2D eigenvalue weighted by atomic mass is 10.1. The van der Waals surface area contributed by atoms with Crippen molar-refractivity contribution in [1.82, 2.24) is 24.5 Å². The Balaban J connectivity index is 1.52. The predicted molar refractivity (Wildman–Crippen MR) is 146 cm³/mol. The number of rotatable bonds is 4. The number of benzene rings is 1. The quantitative estimate of drug-likeness (QED) is 0.309. The molecule has 0 aliphatic carbocycles. The first-order valence-corrected chi connectivity index (χ1v) is 12.6. The van der Waals surface area contributed by atoms with Gasteiger partial charge in [0, 0.05) is 36.3 Å². The van der Waals surface area contributed by atoms with E-state index in [1.54, 1.807) is 22.9 Å². The van der Waals surface area contributed by atoms with E-state index in [1.807, 2.05) is 39.8 Å². The van der Waals surface area contributed by atoms with Crippen LogP contribution in [0.25, 0.3) is 27.8 Å². The summed E-state index contributed by atoms with van der Waals surface area (Å²) < 4.78 is 7.18. The minimum atomic E-state index is -0.289. The Morgan fingerprint density at radius 2 is 1.82 bits per heavy atom. The van der Waals surface area contributed by atoms with Gasteiger partial charge in [-0.1, -0.05) is 6.07 Å². The molecule has 6 rings (SSSR count). The number of phenols is 1. The van der Waals surface area contributed by atoms with Crippen LogP contribution in [0, 0.1) is 27.7 Å². The first kappa shape index (κ1) is 23.9. The number of anilines is 2. The zero-order chi connectivity index (χ0) is 26.7. The number of aromatic hydroxyl groups is 1. The fourth-order valence-electron chi connectivity index (χ4n) is 5.12. The molecule has 0 spiro atoms. The Morgan fingerprint density at radius 1 is 1.08 bits per heavy atom. The van der Waals surface area contributed by atoms with Crippen molar-refractivity contribution in [1.29, 1.82) is 0 Å². The second kappa shape index (κ2) is 8.84. The number of nitrogen functional groups attached to an aromatic ring is 1. The lowest BCUT2D eigenvalue weighted by Gasteiger charge is -2.27. The average molecular weight is 512 g/mol. The van der Waals surface area contributed by atoms with Crippen LogP contribution in [-0.4, -0.2) is 61.7 Å². The molecule has 1 aliphatic rings. The number of hydrogen-bond acceptors (Lipinski definition) is 8. The van der Waals surface area contributed by atoms with E-state index in [1.165, 1.54) is 0 Å². The van der Waals surface area contributed by atoms with Crippen molar-refractivity contribution in [3.05, 3.63) is 64.2 Å². The molecule has 0 radical (unpaired) electrons. The molecular formula is C28H29N7O3. The minimum Gasteiger partial charge on any atom is -0.508 e. The molecule has 0 atom stereocenters. The van der Waals surface area contributed by atoms with Crippen molar-refractivity contribution in [2.45, 2.75) is 27.7 Å². The van der Waals surface area contributed by atoms with Gasteiger partial charge in [-0.05, 0) is 45.4 Å². The Hall–Kier alpha value is -4.44. The maximum atomic E-state index is 14.0. The lowest BCUT2D eigenvalue weighted by molar-refractivity contribution is 0.103. The first-order valence-electron chi connectivity index (χ1n) is 12.6. The molecule has 0 bridgehead atoms. The Bertz CT molecular complexity index is 1750. The number of carbonyl (C=O) groups excluding carboxylic acids is 1. The molecule has 4 N–H and O–H groups in total. The molecule has 1 aromatic carbocycles. The van der Waals surface area contributed by atoms with E-state index < -0.39 is 0 Å². The monoisotopic (exact) mass is 511 g/mol. The van der Waals surface area contributed by atoms with Crippen molar-refractivity contribution < 1.29 is 14.6 Å². The summed E-state index contributed by atoms with van der Waals surface area (Å²) in [4.78, 5) is 33.6. The fraction of sp³-hybridized carbons (Fsp3) is 0.286. The normalized spacial score (nSPS) is 14.1. The minimum absolute atomic E-state index is 0.135. The predicted octanol–water partition coefficient (Wildman–Crippen LogP) is 3.89. The van der Waals surface area contributed by atoms with Crippen molar-refractivity contribution in [2.24, 2.45) is 0 Å². The molecule has 4 aromatic heterocycles. The number of morpholine rings is 1. The number of pyridine rings is 1. The van der Waals surface area contributed by atoms with E-state index in [2.05, 4.69) is 14.9 Å². The molecule has 0 saturated carbocycles. The van der Waals surface area contributed by atoms with Crippen molar-refractivity contribution >= 4 is 39.5 Å². The number of hydrogen-bond donors (Lipinski definition) is 3. The van der Waals surface area contributed by atoms with Gasteiger partial charge < -0.3 is 25.5 Å². The Kier molecular flexibility index (Phi) is 5.57. The van der Waals surface area contributed by atoms with Gasteiger partial charge in [0.05, 0.1) is 47.1 Å². The van der Waals surface area contributed by atoms with Gasteiger partial charge in [0.25, 0.3) is 0 Å². The molecule has 38 heavy (non-hydrogen) atoms. The van der Waals surface area contributed by atoms with Crippen LogP contribution in [0.4, 0.5) is 11.6 Å². The van der Waals surface area contributed by atoms with Crippen molar-refractivity contribution in [3.8, 4) is 11.4 Å². The number of ketones is 1. The molecule has 5 aromatic rings. The lowest BCUT2D eigenvalue weighted by Crippen LogP contribution is -2.36. The molecular weight excluding hydrogens is 482 g/mol. The molecule has 10 heteroatoms. The summed E-state index contributed by atoms with van der Waals surface area (Å²) in [7, 11) is 0. The molecule has 194 valence electrons. The topological polar surface area (TPSA) is 135 Å². The van der Waals surface area contributed by atoms with Gasteiger partial charge in [0.1, 0.15) is 22.9 Å². The van der Waals surface area contributed by atoms with Crippen molar-refractivity contribution in [3.63, 3.8) is 0 Å². The van der Waals surface area contributed by atoms with Crippen LogP contribution in [0.15, 0.2) is 30.5 Å². The van der Waals surface area contributed by atoms with Crippen LogP contribution in [-0.2, 0) is 4.74 Å². The number of fused-ring (bicyclic) bond motifs is 2. The number of nitrogens with one attached hydrogen (secondary N) is 1. The number of carbonyl (C=O) groups is 1. The zero-order valence-corrected chi connectivity index (χ0v) is 21.8. The first-order chi connectivity index (χ1) is 18.2. The van der Waals surface area contributed by atoms with Crippen LogP contribution in [0.2, 0.25) is 0 Å². The third-order valence-corrected chi connectivity index (χ3v) is 7.36. The molecule has 1 aliphatic heterocycles. The number of aromatic nitrogens is 5. The number of nitrogens with two attached hydrogens (primary N) is 1. The second-order valence-corrected chi connectivity index (χ2v) is 9.78. The number of H-pyrrole nitrogens is 1. The maximum Gasteiger partial charge on any atom is 0.215 e. The Labute approximate surface area is 219 Å². The van der Waals surface area contributed by atoms with Crippen LogP contribution in [0.1, 0.15) is 38.6 Å². The van der Waals surface area contributed by atoms with E-state index >= 15 is 0 Å². The Morgan fingerprint density at radius 3 is 2.58 bits per heavy atom. The molecule has 0 unspecified atom stereocenters. The summed E-state index contributed by atoms with van der Waals surface area (Å²) in [6.45, 7) is 10.3. The summed E-state index contributed by atoms with van der Waals surface area (Å²) >= 11 is 0. The number of aryl methyl sites for hydroxylation is 3. The van der Waals surface area contributed by atoms with E-state index in [0.29, 0.717) is 47.0 Å². The summed E-state index contributed by atoms with van der Waals surface area (Å²) in [6.07, 6.45) is 1.77. The average Bonchev–Trinajstić information content (AvgIpc) is 3.45. The van der Waals surface area contributed by atoms with Gasteiger partial charge in [0.2, 0.25) is 5.78 Å². The highest BCUT2D eigenvalue weighted by molar-refractivity contribution is 6.19. The summed E-state index contributed by atoms with van der Waals surface area (Å²) in [6, 6.07) is 7.20. The van der Waals surface area contributed by atoms with Gasteiger partial charge in [-0.2, -0.15) is 0 Å². The third-order valence-electron chi connectivity index (χ3n) is 7.36. The largest absolute Gasteiger partial charge is 0.508 e. The standard InChI is InChI=1S/C28H29N7O3/c1-14-5-6-21(36)15(2)25(14)35-27(29)23(24-28(35)32-17(4)16(3)31-24)26(37)20-11-18-13-30-22(12-19(18)33-20)34-7-9-38-10-8-34/h5-6,11-13,33,36H,7-10,29H2,1-4H3. The molecule has 10 nitrogen and oxygen atoms in total.